The number of fused-ring (bicyclic) bond motifs is 3. The number of nitrogens with zero attached hydrogens (tertiary/aromatic N) is 1. The fourth-order valence-electron chi connectivity index (χ4n) is 3.48. The molecule has 0 aliphatic carbocycles. The topological polar surface area (TPSA) is 62.6 Å². The van der Waals surface area contributed by atoms with Gasteiger partial charge in [0, 0.05) is 22.4 Å². The zero-order chi connectivity index (χ0) is 20.2. The molecule has 4 rings (SSSR count). The third kappa shape index (κ3) is 4.17. The lowest BCUT2D eigenvalue weighted by Crippen LogP contribution is -2.41. The molecule has 0 fully saturated rings. The Morgan fingerprint density at radius 3 is 2.76 bits per heavy atom. The first-order chi connectivity index (χ1) is 14.2. The highest BCUT2D eigenvalue weighted by atomic mass is 32.1. The molecule has 0 aliphatic rings. The zero-order valence-corrected chi connectivity index (χ0v) is 17.0. The lowest BCUT2D eigenvalue weighted by atomic mass is 10.0. The van der Waals surface area contributed by atoms with Crippen molar-refractivity contribution in [1.82, 2.24) is 10.2 Å². The van der Waals surface area contributed by atoms with E-state index in [9.17, 15) is 9.59 Å². The van der Waals surface area contributed by atoms with E-state index in [4.69, 9.17) is 4.42 Å². The normalized spacial score (nSPS) is 11.1. The van der Waals surface area contributed by atoms with Crippen LogP contribution in [0.2, 0.25) is 0 Å². The van der Waals surface area contributed by atoms with Crippen molar-refractivity contribution < 1.29 is 14.0 Å². The van der Waals surface area contributed by atoms with Crippen LogP contribution in [0.15, 0.2) is 64.6 Å². The van der Waals surface area contributed by atoms with Gasteiger partial charge in [0.15, 0.2) is 0 Å². The Labute approximate surface area is 172 Å². The Hall–Kier alpha value is -3.12. The molecule has 6 heteroatoms. The van der Waals surface area contributed by atoms with Crippen LogP contribution in [0.1, 0.15) is 17.4 Å². The molecule has 0 radical (unpaired) electrons. The summed E-state index contributed by atoms with van der Waals surface area (Å²) in [5.74, 6) is -0.245. The third-order valence-corrected chi connectivity index (χ3v) is 5.87. The van der Waals surface area contributed by atoms with Crippen LogP contribution in [0.4, 0.5) is 0 Å². The Morgan fingerprint density at radius 1 is 1.10 bits per heavy atom. The molecule has 4 aromatic rings. The number of amides is 2. The van der Waals surface area contributed by atoms with Crippen LogP contribution in [0.5, 0.6) is 0 Å². The van der Waals surface area contributed by atoms with E-state index in [2.05, 4.69) is 5.32 Å². The summed E-state index contributed by atoms with van der Waals surface area (Å²) in [6.07, 6.45) is 1.85. The number of carbonyl (C=O) groups is 2. The Balaban J connectivity index is 1.47. The molecule has 0 atom stereocenters. The quantitative estimate of drug-likeness (QED) is 0.496. The molecule has 5 nitrogen and oxygen atoms in total. The number of rotatable bonds is 7. The van der Waals surface area contributed by atoms with Gasteiger partial charge in [-0.2, -0.15) is 0 Å². The predicted molar refractivity (Wildman–Crippen MR) is 116 cm³/mol. The molecule has 0 spiro atoms. The summed E-state index contributed by atoms with van der Waals surface area (Å²) in [7, 11) is 0. The van der Waals surface area contributed by atoms with Gasteiger partial charge < -0.3 is 14.6 Å². The van der Waals surface area contributed by atoms with Crippen molar-refractivity contribution in [2.75, 3.05) is 13.1 Å². The number of likely N-dealkylation sites (N-methyl/N-ethyl adjacent to an activating group) is 1. The van der Waals surface area contributed by atoms with Gasteiger partial charge in [-0.05, 0) is 35.2 Å². The van der Waals surface area contributed by atoms with Gasteiger partial charge in [0.1, 0.15) is 5.58 Å². The first-order valence-corrected chi connectivity index (χ1v) is 10.5. The van der Waals surface area contributed by atoms with E-state index >= 15 is 0 Å². The summed E-state index contributed by atoms with van der Waals surface area (Å²) in [6, 6.07) is 15.9. The summed E-state index contributed by atoms with van der Waals surface area (Å²) in [5, 5.41) is 7.99. The Kier molecular flexibility index (Phi) is 5.62. The van der Waals surface area contributed by atoms with Crippen molar-refractivity contribution in [2.45, 2.75) is 19.9 Å². The van der Waals surface area contributed by atoms with E-state index in [0.29, 0.717) is 13.1 Å². The van der Waals surface area contributed by atoms with Crippen molar-refractivity contribution in [1.29, 1.82) is 0 Å². The van der Waals surface area contributed by atoms with E-state index in [-0.39, 0.29) is 24.8 Å². The Morgan fingerprint density at radius 2 is 1.97 bits per heavy atom. The van der Waals surface area contributed by atoms with Crippen LogP contribution < -0.4 is 5.32 Å². The van der Waals surface area contributed by atoms with E-state index in [1.165, 1.54) is 0 Å². The fourth-order valence-corrected chi connectivity index (χ4v) is 4.13. The molecule has 0 saturated carbocycles. The summed E-state index contributed by atoms with van der Waals surface area (Å²) in [4.78, 5) is 27.8. The zero-order valence-electron chi connectivity index (χ0n) is 16.2. The molecule has 2 amide bonds. The lowest BCUT2D eigenvalue weighted by Gasteiger charge is -2.20. The van der Waals surface area contributed by atoms with Crippen LogP contribution >= 0.6 is 11.3 Å². The highest BCUT2D eigenvalue weighted by Gasteiger charge is 2.19. The molecule has 148 valence electrons. The highest BCUT2D eigenvalue weighted by Crippen LogP contribution is 2.30. The van der Waals surface area contributed by atoms with Gasteiger partial charge in [0.25, 0.3) is 0 Å². The molecular formula is C23H22N2O3S. The molecular weight excluding hydrogens is 384 g/mol. The standard InChI is InChI=1S/C23H22N2O3S/c1-2-25(14-21(26)24-13-18-7-5-11-29-18)22(27)12-17-15-28-20-10-9-16-6-3-4-8-19(16)23(17)20/h3-11,15H,2,12-14H2,1H3,(H,24,26). The number of nitrogens with one attached hydrogen (secondary N) is 1. The average molecular weight is 407 g/mol. The van der Waals surface area contributed by atoms with E-state index in [0.717, 1.165) is 32.2 Å². The third-order valence-electron chi connectivity index (χ3n) is 4.99. The van der Waals surface area contributed by atoms with Crippen LogP contribution in [-0.2, 0) is 22.6 Å². The van der Waals surface area contributed by atoms with E-state index < -0.39 is 0 Å². The summed E-state index contributed by atoms with van der Waals surface area (Å²) >= 11 is 1.59. The molecule has 2 aromatic heterocycles. The van der Waals surface area contributed by atoms with E-state index in [1.54, 1.807) is 22.5 Å². The molecule has 0 aliphatic heterocycles. The fraction of sp³-hybridized carbons (Fsp3) is 0.217. The van der Waals surface area contributed by atoms with Gasteiger partial charge in [-0.1, -0.05) is 36.4 Å². The largest absolute Gasteiger partial charge is 0.464 e. The van der Waals surface area contributed by atoms with Crippen molar-refractivity contribution in [3.63, 3.8) is 0 Å². The number of hydrogen-bond donors (Lipinski definition) is 1. The minimum Gasteiger partial charge on any atom is -0.464 e. The van der Waals surface area contributed by atoms with Crippen LogP contribution in [-0.4, -0.2) is 29.8 Å². The summed E-state index contributed by atoms with van der Waals surface area (Å²) in [6.45, 7) is 2.90. The monoisotopic (exact) mass is 406 g/mol. The number of furan rings is 1. The maximum absolute atomic E-state index is 12.9. The van der Waals surface area contributed by atoms with Crippen LogP contribution in [0, 0.1) is 0 Å². The minimum atomic E-state index is -0.156. The smallest absolute Gasteiger partial charge is 0.239 e. The van der Waals surface area contributed by atoms with Crippen LogP contribution in [0.3, 0.4) is 0 Å². The number of benzene rings is 2. The summed E-state index contributed by atoms with van der Waals surface area (Å²) in [5.41, 5.74) is 1.61. The molecule has 0 bridgehead atoms. The predicted octanol–water partition coefficient (Wildman–Crippen LogP) is 4.35. The van der Waals surface area contributed by atoms with Gasteiger partial charge in [0.2, 0.25) is 11.8 Å². The molecule has 1 N–H and O–H groups in total. The highest BCUT2D eigenvalue weighted by molar-refractivity contribution is 7.09. The SMILES string of the molecule is CCN(CC(=O)NCc1cccs1)C(=O)Cc1coc2ccc3ccccc3c12. The average Bonchev–Trinajstić information content (AvgIpc) is 3.40. The molecule has 2 aromatic carbocycles. The molecule has 0 saturated heterocycles. The second-order valence-corrected chi connectivity index (χ2v) is 7.89. The maximum Gasteiger partial charge on any atom is 0.239 e. The van der Waals surface area contributed by atoms with Gasteiger partial charge in [-0.15, -0.1) is 11.3 Å². The first kappa shape index (κ1) is 19.2. The lowest BCUT2D eigenvalue weighted by molar-refractivity contribution is -0.135. The number of carbonyl (C=O) groups excluding carboxylic acids is 2. The second-order valence-electron chi connectivity index (χ2n) is 6.86. The van der Waals surface area contributed by atoms with Gasteiger partial charge in [-0.25, -0.2) is 0 Å². The number of hydrogen-bond acceptors (Lipinski definition) is 4. The van der Waals surface area contributed by atoms with Gasteiger partial charge in [-0.3, -0.25) is 9.59 Å². The van der Waals surface area contributed by atoms with Crippen molar-refractivity contribution >= 4 is 44.9 Å². The van der Waals surface area contributed by atoms with Crippen LogP contribution in [0.25, 0.3) is 21.7 Å². The summed E-state index contributed by atoms with van der Waals surface area (Å²) < 4.78 is 5.68. The van der Waals surface area contributed by atoms with Gasteiger partial charge >= 0.3 is 0 Å². The molecule has 2 heterocycles. The van der Waals surface area contributed by atoms with Crippen molar-refractivity contribution in [3.05, 3.63) is 70.6 Å². The van der Waals surface area contributed by atoms with Crippen molar-refractivity contribution in [2.24, 2.45) is 0 Å². The molecule has 29 heavy (non-hydrogen) atoms. The minimum absolute atomic E-state index is 0.0528. The first-order valence-electron chi connectivity index (χ1n) is 9.60. The second kappa shape index (κ2) is 8.49. The Bertz CT molecular complexity index is 1150. The van der Waals surface area contributed by atoms with Crippen molar-refractivity contribution in [3.8, 4) is 0 Å². The van der Waals surface area contributed by atoms with Gasteiger partial charge in [0.05, 0.1) is 25.8 Å². The molecule has 0 unspecified atom stereocenters. The maximum atomic E-state index is 12.9. The number of thiophene rings is 1. The van der Waals surface area contributed by atoms with E-state index in [1.807, 2.05) is 60.8 Å².